The number of carbonyl (C=O) groups is 1. The second-order valence-electron chi connectivity index (χ2n) is 6.83. The van der Waals surface area contributed by atoms with Crippen LogP contribution in [0.25, 0.3) is 0 Å². The van der Waals surface area contributed by atoms with Crippen LogP contribution in [0.5, 0.6) is 5.75 Å². The van der Waals surface area contributed by atoms with E-state index in [-0.39, 0.29) is 17.3 Å². The van der Waals surface area contributed by atoms with Crippen LogP contribution in [0.2, 0.25) is 5.02 Å². The lowest BCUT2D eigenvalue weighted by Crippen LogP contribution is -2.43. The van der Waals surface area contributed by atoms with E-state index in [4.69, 9.17) is 16.3 Å². The van der Waals surface area contributed by atoms with Gasteiger partial charge < -0.3 is 10.1 Å². The van der Waals surface area contributed by atoms with Crippen molar-refractivity contribution in [1.82, 2.24) is 4.31 Å². The summed E-state index contributed by atoms with van der Waals surface area (Å²) in [5, 5.41) is 3.26. The second-order valence-corrected chi connectivity index (χ2v) is 9.18. The average molecular weight is 423 g/mol. The largest absolute Gasteiger partial charge is 0.497 e. The van der Waals surface area contributed by atoms with Crippen LogP contribution in [0.4, 0.5) is 5.69 Å². The number of ether oxygens (including phenoxy) is 1. The molecular formula is C20H23ClN2O4S. The van der Waals surface area contributed by atoms with Crippen LogP contribution in [0, 0.1) is 12.8 Å². The molecule has 1 fully saturated rings. The standard InChI is InChI=1S/C20H23ClN2O4S/c1-14-5-10-18(12-19(14)21)28(25,26)23-11-3-4-15(13-23)20(24)22-16-6-8-17(27-2)9-7-16/h5-10,12,15H,3-4,11,13H2,1-2H3,(H,22,24). The van der Waals surface area contributed by atoms with Gasteiger partial charge in [0, 0.05) is 23.8 Å². The van der Waals surface area contributed by atoms with Crippen LogP contribution < -0.4 is 10.1 Å². The molecule has 0 radical (unpaired) electrons. The second kappa shape index (κ2) is 8.51. The van der Waals surface area contributed by atoms with Gasteiger partial charge in [-0.25, -0.2) is 8.42 Å². The van der Waals surface area contributed by atoms with Gasteiger partial charge in [0.25, 0.3) is 0 Å². The van der Waals surface area contributed by atoms with Crippen LogP contribution in [-0.2, 0) is 14.8 Å². The Morgan fingerprint density at radius 3 is 2.57 bits per heavy atom. The molecule has 0 aliphatic carbocycles. The lowest BCUT2D eigenvalue weighted by Gasteiger charge is -2.31. The number of aryl methyl sites for hydroxylation is 1. The number of amides is 1. The van der Waals surface area contributed by atoms with E-state index in [0.29, 0.717) is 35.8 Å². The third-order valence-electron chi connectivity index (χ3n) is 4.89. The minimum absolute atomic E-state index is 0.149. The fraction of sp³-hybridized carbons (Fsp3) is 0.350. The van der Waals surface area contributed by atoms with Crippen LogP contribution in [0.3, 0.4) is 0 Å². The summed E-state index contributed by atoms with van der Waals surface area (Å²) in [7, 11) is -2.12. The average Bonchev–Trinajstić information content (AvgIpc) is 2.70. The number of piperidine rings is 1. The van der Waals surface area contributed by atoms with Gasteiger partial charge >= 0.3 is 0 Å². The summed E-state index contributed by atoms with van der Waals surface area (Å²) in [6.45, 7) is 2.36. The number of halogens is 1. The molecule has 1 atom stereocenters. The molecule has 2 aromatic rings. The van der Waals surface area contributed by atoms with Crippen LogP contribution in [-0.4, -0.2) is 38.8 Å². The molecule has 6 nitrogen and oxygen atoms in total. The van der Waals surface area contributed by atoms with E-state index in [1.54, 1.807) is 43.5 Å². The van der Waals surface area contributed by atoms with Crippen molar-refractivity contribution in [2.24, 2.45) is 5.92 Å². The van der Waals surface area contributed by atoms with Gasteiger partial charge in [0.15, 0.2) is 0 Å². The van der Waals surface area contributed by atoms with Gasteiger partial charge in [-0.2, -0.15) is 4.31 Å². The zero-order chi connectivity index (χ0) is 20.3. The van der Waals surface area contributed by atoms with E-state index < -0.39 is 15.9 Å². The van der Waals surface area contributed by atoms with E-state index in [1.807, 2.05) is 6.92 Å². The Kier molecular flexibility index (Phi) is 6.27. The first-order valence-corrected chi connectivity index (χ1v) is 10.8. The quantitative estimate of drug-likeness (QED) is 0.797. The summed E-state index contributed by atoms with van der Waals surface area (Å²) in [6.07, 6.45) is 1.27. The van der Waals surface area contributed by atoms with Crippen molar-refractivity contribution in [3.63, 3.8) is 0 Å². The van der Waals surface area contributed by atoms with Gasteiger partial charge in [-0.3, -0.25) is 4.79 Å². The molecule has 1 amide bonds. The van der Waals surface area contributed by atoms with Crippen molar-refractivity contribution in [3.05, 3.63) is 53.1 Å². The van der Waals surface area contributed by atoms with E-state index >= 15 is 0 Å². The van der Waals surface area contributed by atoms with Crippen molar-refractivity contribution in [3.8, 4) is 5.75 Å². The molecule has 0 aromatic heterocycles. The number of nitrogens with one attached hydrogen (secondary N) is 1. The lowest BCUT2D eigenvalue weighted by molar-refractivity contribution is -0.120. The molecule has 1 heterocycles. The molecule has 150 valence electrons. The van der Waals surface area contributed by atoms with Crippen molar-refractivity contribution < 1.29 is 17.9 Å². The minimum Gasteiger partial charge on any atom is -0.497 e. The third kappa shape index (κ3) is 4.48. The Morgan fingerprint density at radius 2 is 1.93 bits per heavy atom. The molecule has 1 aliphatic rings. The first-order chi connectivity index (χ1) is 13.3. The number of sulfonamides is 1. The first-order valence-electron chi connectivity index (χ1n) is 9.02. The van der Waals surface area contributed by atoms with Crippen LogP contribution in [0.1, 0.15) is 18.4 Å². The smallest absolute Gasteiger partial charge is 0.243 e. The Balaban J connectivity index is 1.71. The highest BCUT2D eigenvalue weighted by Gasteiger charge is 2.33. The highest BCUT2D eigenvalue weighted by atomic mass is 35.5. The van der Waals surface area contributed by atoms with Crippen molar-refractivity contribution in [2.75, 3.05) is 25.5 Å². The molecule has 2 aromatic carbocycles. The molecule has 1 unspecified atom stereocenters. The van der Waals surface area contributed by atoms with Gasteiger partial charge in [-0.1, -0.05) is 17.7 Å². The summed E-state index contributed by atoms with van der Waals surface area (Å²) < 4.78 is 32.4. The van der Waals surface area contributed by atoms with E-state index in [9.17, 15) is 13.2 Å². The first kappa shape index (κ1) is 20.6. The molecule has 8 heteroatoms. The van der Waals surface area contributed by atoms with Crippen LogP contribution >= 0.6 is 11.6 Å². The predicted molar refractivity (Wildman–Crippen MR) is 109 cm³/mol. The summed E-state index contributed by atoms with van der Waals surface area (Å²) in [6, 6.07) is 11.7. The van der Waals surface area contributed by atoms with E-state index in [0.717, 1.165) is 5.56 Å². The Bertz CT molecular complexity index is 961. The Morgan fingerprint density at radius 1 is 1.21 bits per heavy atom. The fourth-order valence-electron chi connectivity index (χ4n) is 3.18. The molecule has 0 spiro atoms. The number of hydrogen-bond acceptors (Lipinski definition) is 4. The topological polar surface area (TPSA) is 75.7 Å². The third-order valence-corrected chi connectivity index (χ3v) is 7.16. The van der Waals surface area contributed by atoms with Gasteiger partial charge in [-0.05, 0) is 61.7 Å². The monoisotopic (exact) mass is 422 g/mol. The van der Waals surface area contributed by atoms with Crippen molar-refractivity contribution >= 4 is 33.2 Å². The summed E-state index contributed by atoms with van der Waals surface area (Å²) in [5.41, 5.74) is 1.46. The molecule has 0 saturated carbocycles. The predicted octanol–water partition coefficient (Wildman–Crippen LogP) is 3.70. The minimum atomic E-state index is -3.70. The molecule has 28 heavy (non-hydrogen) atoms. The van der Waals surface area contributed by atoms with Crippen molar-refractivity contribution in [2.45, 2.75) is 24.7 Å². The molecule has 1 saturated heterocycles. The maximum atomic E-state index is 13.0. The lowest BCUT2D eigenvalue weighted by atomic mass is 9.99. The zero-order valence-corrected chi connectivity index (χ0v) is 17.4. The van der Waals surface area contributed by atoms with Gasteiger partial charge in [0.1, 0.15) is 5.75 Å². The number of rotatable bonds is 5. The highest BCUT2D eigenvalue weighted by Crippen LogP contribution is 2.27. The Labute approximate surface area is 170 Å². The number of methoxy groups -OCH3 is 1. The zero-order valence-electron chi connectivity index (χ0n) is 15.8. The fourth-order valence-corrected chi connectivity index (χ4v) is 4.97. The summed E-state index contributed by atoms with van der Waals surface area (Å²) in [4.78, 5) is 12.8. The molecule has 0 bridgehead atoms. The van der Waals surface area contributed by atoms with Crippen molar-refractivity contribution in [1.29, 1.82) is 0 Å². The van der Waals surface area contributed by atoms with Gasteiger partial charge in [0.05, 0.1) is 17.9 Å². The van der Waals surface area contributed by atoms with E-state index in [2.05, 4.69) is 5.32 Å². The normalized spacial score (nSPS) is 17.9. The van der Waals surface area contributed by atoms with E-state index in [1.165, 1.54) is 10.4 Å². The summed E-state index contributed by atoms with van der Waals surface area (Å²) in [5.74, 6) is 0.100. The molecular weight excluding hydrogens is 400 g/mol. The SMILES string of the molecule is COc1ccc(NC(=O)C2CCCN(S(=O)(=O)c3ccc(C)c(Cl)c3)C2)cc1. The number of nitrogens with zero attached hydrogens (tertiary/aromatic N) is 1. The number of carbonyl (C=O) groups excluding carboxylic acids is 1. The number of hydrogen-bond donors (Lipinski definition) is 1. The molecule has 1 N–H and O–H groups in total. The highest BCUT2D eigenvalue weighted by molar-refractivity contribution is 7.89. The maximum absolute atomic E-state index is 13.0. The van der Waals surface area contributed by atoms with Crippen LogP contribution in [0.15, 0.2) is 47.4 Å². The van der Waals surface area contributed by atoms with Gasteiger partial charge in [-0.15, -0.1) is 0 Å². The van der Waals surface area contributed by atoms with Gasteiger partial charge in [0.2, 0.25) is 15.9 Å². The molecule has 1 aliphatic heterocycles. The number of anilines is 1. The Hall–Kier alpha value is -2.09. The number of benzene rings is 2. The summed E-state index contributed by atoms with van der Waals surface area (Å²) >= 11 is 6.09. The maximum Gasteiger partial charge on any atom is 0.243 e. The molecule has 3 rings (SSSR count).